The minimum atomic E-state index is -1.11. The van der Waals surface area contributed by atoms with E-state index in [9.17, 15) is 5.11 Å². The van der Waals surface area contributed by atoms with E-state index in [0.717, 1.165) is 25.7 Å². The molecular formula is C24H39N3O2. The molecule has 5 heteroatoms. The monoisotopic (exact) mass is 401 g/mol. The first-order chi connectivity index (χ1) is 13.6. The number of nitrogens with zero attached hydrogens (tertiary/aromatic N) is 3. The summed E-state index contributed by atoms with van der Waals surface area (Å²) < 4.78 is 6.39. The van der Waals surface area contributed by atoms with Crippen molar-refractivity contribution in [1.29, 1.82) is 0 Å². The second-order valence-corrected chi connectivity index (χ2v) is 11.3. The van der Waals surface area contributed by atoms with Crippen LogP contribution in [0.1, 0.15) is 86.0 Å². The van der Waals surface area contributed by atoms with Gasteiger partial charge in [0.15, 0.2) is 5.79 Å². The molecule has 0 bridgehead atoms. The first-order valence-electron chi connectivity index (χ1n) is 11.7. The Morgan fingerprint density at radius 2 is 1.93 bits per heavy atom. The average Bonchev–Trinajstić information content (AvgIpc) is 2.98. The summed E-state index contributed by atoms with van der Waals surface area (Å²) in [5.41, 5.74) is 11.2. The SMILES string of the molecule is C/C=C1\CCC2C3C(CC[C@]12C)[C@@]1(C)CC[C@H](N=[N+]=[N-])CC1C[C@@H]3OC(C)(C)O. The van der Waals surface area contributed by atoms with Gasteiger partial charge in [0, 0.05) is 11.0 Å². The molecule has 0 amide bonds. The standard InChI is InChI=1S/C24H39N3O2/c1-6-15-7-8-18-21-19(10-12-23(15,18)4)24(5)11-9-17(26-27-25)13-16(24)14-20(21)29-22(2,3)28/h6,16-21,28H,7-14H2,1-5H3/b15-6+/t16?,17-,18?,19?,20-,21?,23+,24-/m0/s1. The summed E-state index contributed by atoms with van der Waals surface area (Å²) in [6.07, 6.45) is 11.6. The van der Waals surface area contributed by atoms with Crippen LogP contribution < -0.4 is 0 Å². The van der Waals surface area contributed by atoms with E-state index < -0.39 is 5.79 Å². The van der Waals surface area contributed by atoms with E-state index in [4.69, 9.17) is 10.3 Å². The van der Waals surface area contributed by atoms with Gasteiger partial charge in [0.2, 0.25) is 0 Å². The minimum absolute atomic E-state index is 0.0868. The molecule has 4 unspecified atom stereocenters. The molecule has 0 aromatic heterocycles. The van der Waals surface area contributed by atoms with Gasteiger partial charge >= 0.3 is 0 Å². The van der Waals surface area contributed by atoms with Crippen LogP contribution in [-0.4, -0.2) is 23.0 Å². The summed E-state index contributed by atoms with van der Waals surface area (Å²) >= 11 is 0. The third kappa shape index (κ3) is 3.43. The lowest BCUT2D eigenvalue weighted by Crippen LogP contribution is -2.59. The number of hydrogen-bond donors (Lipinski definition) is 1. The zero-order valence-electron chi connectivity index (χ0n) is 18.9. The van der Waals surface area contributed by atoms with Crippen molar-refractivity contribution in [3.8, 4) is 0 Å². The fourth-order valence-corrected chi connectivity index (χ4v) is 8.17. The minimum Gasteiger partial charge on any atom is -0.366 e. The Balaban J connectivity index is 1.70. The van der Waals surface area contributed by atoms with E-state index in [1.807, 2.05) is 0 Å². The molecule has 0 aromatic carbocycles. The van der Waals surface area contributed by atoms with Gasteiger partial charge in [-0.05, 0) is 112 Å². The van der Waals surface area contributed by atoms with Crippen LogP contribution in [0.4, 0.5) is 0 Å². The van der Waals surface area contributed by atoms with Crippen molar-refractivity contribution in [1.82, 2.24) is 0 Å². The Kier molecular flexibility index (Phi) is 5.33. The van der Waals surface area contributed by atoms with E-state index in [0.29, 0.717) is 34.5 Å². The van der Waals surface area contributed by atoms with Gasteiger partial charge in [0.05, 0.1) is 6.10 Å². The average molecular weight is 402 g/mol. The van der Waals surface area contributed by atoms with Gasteiger partial charge < -0.3 is 9.84 Å². The topological polar surface area (TPSA) is 78.2 Å². The number of ether oxygens (including phenoxy) is 1. The van der Waals surface area contributed by atoms with Crippen molar-refractivity contribution in [3.63, 3.8) is 0 Å². The van der Waals surface area contributed by atoms with Crippen molar-refractivity contribution in [2.45, 2.75) is 104 Å². The Morgan fingerprint density at radius 3 is 2.59 bits per heavy atom. The maximum Gasteiger partial charge on any atom is 0.160 e. The van der Waals surface area contributed by atoms with Gasteiger partial charge in [0.1, 0.15) is 0 Å². The number of hydrogen-bond acceptors (Lipinski definition) is 3. The van der Waals surface area contributed by atoms with E-state index in [1.54, 1.807) is 19.4 Å². The largest absolute Gasteiger partial charge is 0.366 e. The van der Waals surface area contributed by atoms with Gasteiger partial charge in [-0.25, -0.2) is 0 Å². The lowest BCUT2D eigenvalue weighted by atomic mass is 9.44. The summed E-state index contributed by atoms with van der Waals surface area (Å²) in [5.74, 6) is 1.18. The van der Waals surface area contributed by atoms with Crippen LogP contribution in [0.3, 0.4) is 0 Å². The van der Waals surface area contributed by atoms with E-state index >= 15 is 0 Å². The Bertz CT molecular complexity index is 722. The van der Waals surface area contributed by atoms with Crippen LogP contribution in [0.15, 0.2) is 16.8 Å². The lowest BCUT2D eigenvalue weighted by molar-refractivity contribution is -0.261. The van der Waals surface area contributed by atoms with Gasteiger partial charge in [-0.2, -0.15) is 0 Å². The van der Waals surface area contributed by atoms with Crippen molar-refractivity contribution in [2.24, 2.45) is 39.6 Å². The molecule has 5 nitrogen and oxygen atoms in total. The van der Waals surface area contributed by atoms with Crippen molar-refractivity contribution >= 4 is 0 Å². The van der Waals surface area contributed by atoms with E-state index in [-0.39, 0.29) is 12.1 Å². The molecule has 1 N–H and O–H groups in total. The number of rotatable bonds is 3. The van der Waals surface area contributed by atoms with Gasteiger partial charge in [0.25, 0.3) is 0 Å². The van der Waals surface area contributed by atoms with Gasteiger partial charge in [-0.1, -0.05) is 30.6 Å². The summed E-state index contributed by atoms with van der Waals surface area (Å²) in [6, 6.07) is 0.118. The molecule has 4 rings (SSSR count). The molecule has 0 saturated heterocycles. The second-order valence-electron chi connectivity index (χ2n) is 11.3. The molecule has 0 spiro atoms. The fourth-order valence-electron chi connectivity index (χ4n) is 8.17. The zero-order chi connectivity index (χ0) is 21.0. The molecule has 8 atom stereocenters. The first kappa shape index (κ1) is 21.2. The maximum absolute atomic E-state index is 10.6. The number of fused-ring (bicyclic) bond motifs is 5. The molecule has 162 valence electrons. The molecule has 4 fully saturated rings. The van der Waals surface area contributed by atoms with Crippen LogP contribution in [-0.2, 0) is 4.74 Å². The van der Waals surface area contributed by atoms with Crippen molar-refractivity contribution in [2.75, 3.05) is 0 Å². The molecule has 4 aliphatic rings. The van der Waals surface area contributed by atoms with Crippen LogP contribution in [0, 0.1) is 34.5 Å². The number of allylic oxidation sites excluding steroid dienone is 2. The second kappa shape index (κ2) is 7.28. The summed E-state index contributed by atoms with van der Waals surface area (Å²) in [7, 11) is 0. The Morgan fingerprint density at radius 1 is 1.17 bits per heavy atom. The van der Waals surface area contributed by atoms with Gasteiger partial charge in [-0.3, -0.25) is 0 Å². The fraction of sp³-hybridized carbons (Fsp3) is 0.917. The molecule has 29 heavy (non-hydrogen) atoms. The van der Waals surface area contributed by atoms with Crippen molar-refractivity contribution in [3.05, 3.63) is 22.1 Å². The predicted octanol–water partition coefficient (Wildman–Crippen LogP) is 6.38. The Labute approximate surface area is 175 Å². The zero-order valence-corrected chi connectivity index (χ0v) is 18.9. The summed E-state index contributed by atoms with van der Waals surface area (Å²) in [5, 5.41) is 14.6. The number of azide groups is 1. The Hall–Kier alpha value is -1.03. The highest BCUT2D eigenvalue weighted by atomic mass is 16.6. The highest BCUT2D eigenvalue weighted by Crippen LogP contribution is 2.68. The molecule has 0 radical (unpaired) electrons. The molecular weight excluding hydrogens is 362 g/mol. The van der Waals surface area contributed by atoms with Crippen LogP contribution in [0.2, 0.25) is 0 Å². The highest BCUT2D eigenvalue weighted by Gasteiger charge is 2.62. The normalized spacial score (nSPS) is 48.4. The molecule has 0 heterocycles. The van der Waals surface area contributed by atoms with Crippen LogP contribution in [0.5, 0.6) is 0 Å². The first-order valence-corrected chi connectivity index (χ1v) is 11.7. The summed E-state index contributed by atoms with van der Waals surface area (Å²) in [4.78, 5) is 3.10. The van der Waals surface area contributed by atoms with Gasteiger partial charge in [-0.15, -0.1) is 0 Å². The smallest absolute Gasteiger partial charge is 0.160 e. The molecule has 0 aliphatic heterocycles. The third-order valence-electron chi connectivity index (χ3n) is 9.48. The van der Waals surface area contributed by atoms with Crippen LogP contribution >= 0.6 is 0 Å². The predicted molar refractivity (Wildman–Crippen MR) is 115 cm³/mol. The van der Waals surface area contributed by atoms with Crippen LogP contribution in [0.25, 0.3) is 10.4 Å². The quantitative estimate of drug-likeness (QED) is 0.196. The molecule has 4 aliphatic carbocycles. The lowest BCUT2D eigenvalue weighted by Gasteiger charge is -2.63. The summed E-state index contributed by atoms with van der Waals surface area (Å²) in [6.45, 7) is 10.7. The van der Waals surface area contributed by atoms with E-state index in [1.165, 1.54) is 25.7 Å². The number of aliphatic hydroxyl groups is 1. The molecule has 4 saturated carbocycles. The van der Waals surface area contributed by atoms with Crippen molar-refractivity contribution < 1.29 is 9.84 Å². The highest BCUT2D eigenvalue weighted by molar-refractivity contribution is 5.24. The molecule has 0 aromatic rings. The van der Waals surface area contributed by atoms with E-state index in [2.05, 4.69) is 36.9 Å². The third-order valence-corrected chi connectivity index (χ3v) is 9.48. The maximum atomic E-state index is 10.6.